The van der Waals surface area contributed by atoms with E-state index in [0.29, 0.717) is 23.7 Å². The molecule has 4 aromatic rings. The predicted molar refractivity (Wildman–Crippen MR) is 93.8 cm³/mol. The van der Waals surface area contributed by atoms with Crippen LogP contribution in [0, 0.1) is 0 Å². The van der Waals surface area contributed by atoms with Gasteiger partial charge < -0.3 is 5.32 Å². The molecule has 4 rings (SSSR count). The van der Waals surface area contributed by atoms with Crippen LogP contribution in [0.2, 0.25) is 0 Å². The van der Waals surface area contributed by atoms with Gasteiger partial charge >= 0.3 is 0 Å². The molecule has 1 amide bonds. The first kappa shape index (κ1) is 15.0. The van der Waals surface area contributed by atoms with Gasteiger partial charge in [-0.3, -0.25) is 4.79 Å². The van der Waals surface area contributed by atoms with Crippen molar-refractivity contribution in [3.63, 3.8) is 0 Å². The maximum Gasteiger partial charge on any atom is 0.270 e. The number of carbonyl (C=O) groups excluding carboxylic acids is 1. The lowest BCUT2D eigenvalue weighted by molar-refractivity contribution is 0.0943. The number of aromatic nitrogens is 4. The Bertz CT molecular complexity index is 1010. The monoisotopic (exact) mass is 329 g/mol. The molecule has 6 heteroatoms. The van der Waals surface area contributed by atoms with Crippen LogP contribution in [0.5, 0.6) is 0 Å². The molecule has 0 atom stereocenters. The van der Waals surface area contributed by atoms with Gasteiger partial charge in [-0.15, -0.1) is 0 Å². The molecule has 2 heterocycles. The van der Waals surface area contributed by atoms with E-state index in [2.05, 4.69) is 20.4 Å². The van der Waals surface area contributed by atoms with Gasteiger partial charge in [0.25, 0.3) is 11.7 Å². The molecule has 25 heavy (non-hydrogen) atoms. The number of rotatable bonds is 4. The average Bonchev–Trinajstić information content (AvgIpc) is 3.15. The molecule has 0 unspecified atom stereocenters. The molecule has 1 N–H and O–H groups in total. The summed E-state index contributed by atoms with van der Waals surface area (Å²) < 4.78 is 1.45. The van der Waals surface area contributed by atoms with Crippen LogP contribution in [0.4, 0.5) is 0 Å². The molecule has 6 nitrogen and oxygen atoms in total. The van der Waals surface area contributed by atoms with E-state index < -0.39 is 0 Å². The lowest BCUT2D eigenvalue weighted by atomic mass is 10.1. The molecule has 2 aromatic carbocycles. The SMILES string of the molecule is O=C(NCc1ccccc1)c1cc(-c2ccccc2)nc2ncnn12. The Morgan fingerprint density at radius 3 is 2.48 bits per heavy atom. The molecular formula is C19H15N5O. The number of carbonyl (C=O) groups is 1. The van der Waals surface area contributed by atoms with Gasteiger partial charge in [-0.2, -0.15) is 14.6 Å². The molecule has 0 aliphatic rings. The predicted octanol–water partition coefficient (Wildman–Crippen LogP) is 2.72. The first-order chi connectivity index (χ1) is 12.3. The highest BCUT2D eigenvalue weighted by Crippen LogP contribution is 2.18. The van der Waals surface area contributed by atoms with Crippen molar-refractivity contribution in [1.29, 1.82) is 0 Å². The highest BCUT2D eigenvalue weighted by atomic mass is 16.2. The number of nitrogens with zero attached hydrogens (tertiary/aromatic N) is 4. The topological polar surface area (TPSA) is 72.2 Å². The Kier molecular flexibility index (Phi) is 3.92. The average molecular weight is 329 g/mol. The first-order valence-electron chi connectivity index (χ1n) is 7.89. The molecule has 0 spiro atoms. The van der Waals surface area contributed by atoms with Crippen molar-refractivity contribution in [1.82, 2.24) is 24.9 Å². The fraction of sp³-hybridized carbons (Fsp3) is 0.0526. The fourth-order valence-electron chi connectivity index (χ4n) is 2.60. The Morgan fingerprint density at radius 1 is 1.00 bits per heavy atom. The molecular weight excluding hydrogens is 314 g/mol. The molecule has 2 aromatic heterocycles. The van der Waals surface area contributed by atoms with Crippen LogP contribution in [-0.2, 0) is 6.54 Å². The summed E-state index contributed by atoms with van der Waals surface area (Å²) in [4.78, 5) is 21.3. The van der Waals surface area contributed by atoms with Crippen molar-refractivity contribution in [2.24, 2.45) is 0 Å². The quantitative estimate of drug-likeness (QED) is 0.625. The van der Waals surface area contributed by atoms with Gasteiger partial charge in [0, 0.05) is 12.1 Å². The molecule has 0 saturated heterocycles. The largest absolute Gasteiger partial charge is 0.347 e. The summed E-state index contributed by atoms with van der Waals surface area (Å²) in [7, 11) is 0. The fourth-order valence-corrected chi connectivity index (χ4v) is 2.60. The number of hydrogen-bond acceptors (Lipinski definition) is 4. The van der Waals surface area contributed by atoms with Gasteiger partial charge in [0.05, 0.1) is 5.69 Å². The van der Waals surface area contributed by atoms with Crippen LogP contribution in [0.15, 0.2) is 73.1 Å². The van der Waals surface area contributed by atoms with Gasteiger partial charge in [-0.1, -0.05) is 60.7 Å². The standard InChI is InChI=1S/C19H15N5O/c25-18(20-12-14-7-3-1-4-8-14)17-11-16(15-9-5-2-6-10-15)23-19-21-13-22-24(17)19/h1-11,13H,12H2,(H,20,25). The lowest BCUT2D eigenvalue weighted by Gasteiger charge is -2.08. The Morgan fingerprint density at radius 2 is 1.72 bits per heavy atom. The van der Waals surface area contributed by atoms with Crippen molar-refractivity contribution in [2.75, 3.05) is 0 Å². The second-order valence-corrected chi connectivity index (χ2v) is 5.53. The normalized spacial score (nSPS) is 10.7. The number of benzene rings is 2. The number of hydrogen-bond donors (Lipinski definition) is 1. The van der Waals surface area contributed by atoms with E-state index in [1.165, 1.54) is 10.8 Å². The van der Waals surface area contributed by atoms with Crippen LogP contribution in [0.3, 0.4) is 0 Å². The summed E-state index contributed by atoms with van der Waals surface area (Å²) in [6.45, 7) is 0.443. The summed E-state index contributed by atoms with van der Waals surface area (Å²) in [6.07, 6.45) is 1.39. The van der Waals surface area contributed by atoms with Gasteiger partial charge in [0.1, 0.15) is 12.0 Å². The molecule has 0 fully saturated rings. The van der Waals surface area contributed by atoms with Crippen LogP contribution in [0.1, 0.15) is 16.1 Å². The highest BCUT2D eigenvalue weighted by molar-refractivity contribution is 5.94. The van der Waals surface area contributed by atoms with Crippen molar-refractivity contribution >= 4 is 11.7 Å². The zero-order valence-corrected chi connectivity index (χ0v) is 13.3. The van der Waals surface area contributed by atoms with Crippen molar-refractivity contribution in [3.8, 4) is 11.3 Å². The van der Waals surface area contributed by atoms with Crippen molar-refractivity contribution < 1.29 is 4.79 Å². The third-order valence-electron chi connectivity index (χ3n) is 3.85. The molecule has 0 aliphatic carbocycles. The second kappa shape index (κ2) is 6.52. The summed E-state index contributed by atoms with van der Waals surface area (Å²) in [6, 6.07) is 21.2. The maximum absolute atomic E-state index is 12.7. The van der Waals surface area contributed by atoms with Crippen LogP contribution in [0.25, 0.3) is 17.0 Å². The molecule has 0 aliphatic heterocycles. The highest BCUT2D eigenvalue weighted by Gasteiger charge is 2.15. The molecule has 0 bridgehead atoms. The van der Waals surface area contributed by atoms with Crippen molar-refractivity contribution in [2.45, 2.75) is 6.54 Å². The van der Waals surface area contributed by atoms with Crippen molar-refractivity contribution in [3.05, 3.63) is 84.3 Å². The van der Waals surface area contributed by atoms with E-state index in [1.807, 2.05) is 60.7 Å². The van der Waals surface area contributed by atoms with Gasteiger partial charge in [-0.25, -0.2) is 4.98 Å². The van der Waals surface area contributed by atoms with E-state index in [4.69, 9.17) is 0 Å². The van der Waals surface area contributed by atoms with Crippen LogP contribution < -0.4 is 5.32 Å². The Balaban J connectivity index is 1.68. The summed E-state index contributed by atoms with van der Waals surface area (Å²) >= 11 is 0. The van der Waals surface area contributed by atoms with Gasteiger partial charge in [-0.05, 0) is 11.6 Å². The Labute approximate surface area is 144 Å². The summed E-state index contributed by atoms with van der Waals surface area (Å²) in [5.41, 5.74) is 3.04. The third-order valence-corrected chi connectivity index (χ3v) is 3.85. The van der Waals surface area contributed by atoms with Gasteiger partial charge in [0.2, 0.25) is 0 Å². The maximum atomic E-state index is 12.7. The molecule has 0 radical (unpaired) electrons. The zero-order chi connectivity index (χ0) is 17.1. The van der Waals surface area contributed by atoms with E-state index in [-0.39, 0.29) is 5.91 Å². The minimum absolute atomic E-state index is 0.223. The van der Waals surface area contributed by atoms with Crippen LogP contribution >= 0.6 is 0 Å². The number of nitrogens with one attached hydrogen (secondary N) is 1. The molecule has 122 valence electrons. The Hall–Kier alpha value is -3.54. The minimum Gasteiger partial charge on any atom is -0.347 e. The van der Waals surface area contributed by atoms with E-state index in [0.717, 1.165) is 11.1 Å². The lowest BCUT2D eigenvalue weighted by Crippen LogP contribution is -2.25. The summed E-state index contributed by atoms with van der Waals surface area (Å²) in [5.74, 6) is 0.171. The summed E-state index contributed by atoms with van der Waals surface area (Å²) in [5, 5.41) is 7.03. The number of fused-ring (bicyclic) bond motifs is 1. The van der Waals surface area contributed by atoms with Gasteiger partial charge in [0.15, 0.2) is 0 Å². The van der Waals surface area contributed by atoms with E-state index in [1.54, 1.807) is 6.07 Å². The zero-order valence-electron chi connectivity index (χ0n) is 13.3. The van der Waals surface area contributed by atoms with E-state index in [9.17, 15) is 4.79 Å². The third kappa shape index (κ3) is 3.10. The number of amides is 1. The molecule has 0 saturated carbocycles. The second-order valence-electron chi connectivity index (χ2n) is 5.53. The van der Waals surface area contributed by atoms with E-state index >= 15 is 0 Å². The smallest absolute Gasteiger partial charge is 0.270 e. The minimum atomic E-state index is -0.223. The first-order valence-corrected chi connectivity index (χ1v) is 7.89. The van der Waals surface area contributed by atoms with Crippen LogP contribution in [-0.4, -0.2) is 25.5 Å².